The van der Waals surface area contributed by atoms with Crippen LogP contribution in [-0.2, 0) is 12.8 Å². The molecule has 0 amide bonds. The molecule has 3 rings (SSSR count). The maximum atomic E-state index is 5.45. The van der Waals surface area contributed by atoms with E-state index in [4.69, 9.17) is 9.47 Å². The lowest BCUT2D eigenvalue weighted by molar-refractivity contribution is 0.391. The summed E-state index contributed by atoms with van der Waals surface area (Å²) >= 11 is 0. The van der Waals surface area contributed by atoms with Gasteiger partial charge in [-0.15, -0.1) is 0 Å². The van der Waals surface area contributed by atoms with E-state index in [9.17, 15) is 0 Å². The molecule has 0 spiro atoms. The van der Waals surface area contributed by atoms with Crippen molar-refractivity contribution in [3.8, 4) is 11.5 Å². The van der Waals surface area contributed by atoms with Crippen LogP contribution in [0.25, 0.3) is 0 Å². The minimum absolute atomic E-state index is 0.699. The Morgan fingerprint density at radius 1 is 1.09 bits per heavy atom. The lowest BCUT2D eigenvalue weighted by Gasteiger charge is -2.25. The van der Waals surface area contributed by atoms with Crippen LogP contribution >= 0.6 is 0 Å². The molecule has 0 radical (unpaired) electrons. The van der Waals surface area contributed by atoms with Gasteiger partial charge < -0.3 is 9.47 Å². The normalized spacial score (nSPS) is 14.5. The summed E-state index contributed by atoms with van der Waals surface area (Å²) < 4.78 is 10.7. The van der Waals surface area contributed by atoms with Crippen molar-refractivity contribution in [3.05, 3.63) is 47.3 Å². The standard InChI is InChI=1S/C18H22N2O2/c1-21-17-9-7-14(18(11-17)22-2)6-8-16-10-15(12-19-20-16)13-4-3-5-13/h7,9-13H,3-6,8H2,1-2H3. The second-order valence-electron chi connectivity index (χ2n) is 5.79. The number of benzene rings is 1. The van der Waals surface area contributed by atoms with E-state index in [1.165, 1.54) is 30.4 Å². The Morgan fingerprint density at radius 3 is 2.64 bits per heavy atom. The predicted octanol–water partition coefficient (Wildman–Crippen LogP) is 3.55. The first kappa shape index (κ1) is 14.8. The Balaban J connectivity index is 1.69. The summed E-state index contributed by atoms with van der Waals surface area (Å²) in [6.07, 6.45) is 7.59. The molecule has 0 atom stereocenters. The van der Waals surface area contributed by atoms with Crippen molar-refractivity contribution in [1.29, 1.82) is 0 Å². The minimum atomic E-state index is 0.699. The highest BCUT2D eigenvalue weighted by Gasteiger charge is 2.20. The molecule has 1 aromatic carbocycles. The molecule has 22 heavy (non-hydrogen) atoms. The van der Waals surface area contributed by atoms with Gasteiger partial charge in [-0.25, -0.2) is 0 Å². The van der Waals surface area contributed by atoms with E-state index in [0.717, 1.165) is 30.0 Å². The van der Waals surface area contributed by atoms with Crippen LogP contribution in [0.3, 0.4) is 0 Å². The van der Waals surface area contributed by atoms with Crippen LogP contribution < -0.4 is 9.47 Å². The highest BCUT2D eigenvalue weighted by Crippen LogP contribution is 2.36. The van der Waals surface area contributed by atoms with E-state index in [-0.39, 0.29) is 0 Å². The molecule has 4 nitrogen and oxygen atoms in total. The van der Waals surface area contributed by atoms with Gasteiger partial charge in [0.1, 0.15) is 11.5 Å². The summed E-state index contributed by atoms with van der Waals surface area (Å²) in [4.78, 5) is 0. The Labute approximate surface area is 131 Å². The highest BCUT2D eigenvalue weighted by atomic mass is 16.5. The summed E-state index contributed by atoms with van der Waals surface area (Å²) in [5, 5.41) is 8.44. The number of methoxy groups -OCH3 is 2. The van der Waals surface area contributed by atoms with Crippen LogP contribution in [0.1, 0.15) is 42.0 Å². The van der Waals surface area contributed by atoms with Gasteiger partial charge in [0.15, 0.2) is 0 Å². The smallest absolute Gasteiger partial charge is 0.125 e. The van der Waals surface area contributed by atoms with Gasteiger partial charge in [0.2, 0.25) is 0 Å². The van der Waals surface area contributed by atoms with E-state index < -0.39 is 0 Å². The van der Waals surface area contributed by atoms with Gasteiger partial charge in [-0.1, -0.05) is 12.5 Å². The Kier molecular flexibility index (Phi) is 4.56. The topological polar surface area (TPSA) is 44.2 Å². The summed E-state index contributed by atoms with van der Waals surface area (Å²) in [5.74, 6) is 2.37. The third kappa shape index (κ3) is 3.21. The molecule has 1 aliphatic rings. The molecule has 116 valence electrons. The quantitative estimate of drug-likeness (QED) is 0.818. The Morgan fingerprint density at radius 2 is 1.95 bits per heavy atom. The predicted molar refractivity (Wildman–Crippen MR) is 85.6 cm³/mol. The minimum Gasteiger partial charge on any atom is -0.497 e. The van der Waals surface area contributed by atoms with Gasteiger partial charge in [-0.05, 0) is 54.9 Å². The van der Waals surface area contributed by atoms with E-state index >= 15 is 0 Å². The average Bonchev–Trinajstić information content (AvgIpc) is 2.51. The molecule has 0 N–H and O–H groups in total. The highest BCUT2D eigenvalue weighted by molar-refractivity contribution is 5.41. The molecule has 0 bridgehead atoms. The van der Waals surface area contributed by atoms with Crippen molar-refractivity contribution in [2.45, 2.75) is 38.0 Å². The molecule has 1 saturated carbocycles. The zero-order chi connectivity index (χ0) is 15.4. The number of ether oxygens (including phenoxy) is 2. The van der Waals surface area contributed by atoms with Gasteiger partial charge in [-0.3, -0.25) is 0 Å². The molecule has 1 fully saturated rings. The van der Waals surface area contributed by atoms with Crippen molar-refractivity contribution in [2.24, 2.45) is 0 Å². The number of aromatic nitrogens is 2. The maximum Gasteiger partial charge on any atom is 0.125 e. The second kappa shape index (κ2) is 6.77. The van der Waals surface area contributed by atoms with E-state index in [0.29, 0.717) is 5.92 Å². The second-order valence-corrected chi connectivity index (χ2v) is 5.79. The largest absolute Gasteiger partial charge is 0.497 e. The van der Waals surface area contributed by atoms with Gasteiger partial charge >= 0.3 is 0 Å². The van der Waals surface area contributed by atoms with Crippen molar-refractivity contribution < 1.29 is 9.47 Å². The zero-order valence-electron chi connectivity index (χ0n) is 13.2. The number of nitrogens with zero attached hydrogens (tertiary/aromatic N) is 2. The Hall–Kier alpha value is -2.10. The van der Waals surface area contributed by atoms with Crippen molar-refractivity contribution in [1.82, 2.24) is 10.2 Å². The SMILES string of the molecule is COc1ccc(CCc2cc(C3CCC3)cnn2)c(OC)c1. The third-order valence-corrected chi connectivity index (χ3v) is 4.45. The van der Waals surface area contributed by atoms with Crippen LogP contribution in [0.2, 0.25) is 0 Å². The van der Waals surface area contributed by atoms with E-state index in [1.807, 2.05) is 18.3 Å². The zero-order valence-corrected chi connectivity index (χ0v) is 13.2. The molecular weight excluding hydrogens is 276 g/mol. The summed E-state index contributed by atoms with van der Waals surface area (Å²) in [7, 11) is 3.35. The van der Waals surface area contributed by atoms with Crippen LogP contribution in [0.5, 0.6) is 11.5 Å². The average molecular weight is 298 g/mol. The third-order valence-electron chi connectivity index (χ3n) is 4.45. The molecular formula is C18H22N2O2. The van der Waals surface area contributed by atoms with Gasteiger partial charge in [0.05, 0.1) is 26.1 Å². The lowest BCUT2D eigenvalue weighted by Crippen LogP contribution is -2.10. The first-order valence-corrected chi connectivity index (χ1v) is 7.82. The van der Waals surface area contributed by atoms with E-state index in [1.54, 1.807) is 14.2 Å². The fourth-order valence-corrected chi connectivity index (χ4v) is 2.84. The molecule has 1 aromatic heterocycles. The fourth-order valence-electron chi connectivity index (χ4n) is 2.84. The Bertz CT molecular complexity index is 639. The first-order chi connectivity index (χ1) is 10.8. The van der Waals surface area contributed by atoms with Crippen molar-refractivity contribution in [2.75, 3.05) is 14.2 Å². The van der Waals surface area contributed by atoms with Gasteiger partial charge in [0.25, 0.3) is 0 Å². The number of hydrogen-bond acceptors (Lipinski definition) is 4. The summed E-state index contributed by atoms with van der Waals surface area (Å²) in [5.41, 5.74) is 3.57. The van der Waals surface area contributed by atoms with Crippen LogP contribution in [0.15, 0.2) is 30.5 Å². The monoisotopic (exact) mass is 298 g/mol. The lowest BCUT2D eigenvalue weighted by atomic mass is 9.80. The molecule has 4 heteroatoms. The van der Waals surface area contributed by atoms with Crippen LogP contribution in [0, 0.1) is 0 Å². The van der Waals surface area contributed by atoms with Gasteiger partial charge in [0, 0.05) is 6.07 Å². The molecule has 0 saturated heterocycles. The molecule has 2 aromatic rings. The first-order valence-electron chi connectivity index (χ1n) is 7.82. The maximum absolute atomic E-state index is 5.45. The van der Waals surface area contributed by atoms with E-state index in [2.05, 4.69) is 22.3 Å². The van der Waals surface area contributed by atoms with Crippen LogP contribution in [-0.4, -0.2) is 24.4 Å². The molecule has 1 heterocycles. The van der Waals surface area contributed by atoms with Crippen molar-refractivity contribution >= 4 is 0 Å². The summed E-state index contributed by atoms with van der Waals surface area (Å²) in [6.45, 7) is 0. The number of rotatable bonds is 6. The fraction of sp³-hybridized carbons (Fsp3) is 0.444. The van der Waals surface area contributed by atoms with Crippen molar-refractivity contribution in [3.63, 3.8) is 0 Å². The van der Waals surface area contributed by atoms with Gasteiger partial charge in [-0.2, -0.15) is 10.2 Å². The van der Waals surface area contributed by atoms with Crippen LogP contribution in [0.4, 0.5) is 0 Å². The number of hydrogen-bond donors (Lipinski definition) is 0. The molecule has 1 aliphatic carbocycles. The molecule has 0 aliphatic heterocycles. The summed E-state index contributed by atoms with van der Waals surface area (Å²) in [6, 6.07) is 8.16. The number of aryl methyl sites for hydroxylation is 2. The molecule has 0 unspecified atom stereocenters.